The normalized spacial score (nSPS) is 28.4. The second kappa shape index (κ2) is 8.45. The number of carbonyl (C=O) groups excluding carboxylic acids is 1. The van der Waals surface area contributed by atoms with E-state index >= 15 is 0 Å². The van der Waals surface area contributed by atoms with Crippen LogP contribution in [0.25, 0.3) is 0 Å². The smallest absolute Gasteiger partial charge is 0.227 e. The van der Waals surface area contributed by atoms with Gasteiger partial charge in [-0.05, 0) is 32.2 Å². The van der Waals surface area contributed by atoms with Crippen LogP contribution in [0, 0.1) is 5.92 Å². The van der Waals surface area contributed by atoms with E-state index in [9.17, 15) is 4.79 Å². The van der Waals surface area contributed by atoms with Crippen LogP contribution in [0.15, 0.2) is 0 Å². The zero-order valence-corrected chi connectivity index (χ0v) is 14.7. The van der Waals surface area contributed by atoms with E-state index in [0.29, 0.717) is 5.91 Å². The summed E-state index contributed by atoms with van der Waals surface area (Å²) in [5.41, 5.74) is 0. The highest BCUT2D eigenvalue weighted by Crippen LogP contribution is 2.25. The molecule has 1 amide bonds. The Kier molecular flexibility index (Phi) is 6.31. The van der Waals surface area contributed by atoms with Crippen molar-refractivity contribution < 1.29 is 9.53 Å². The maximum atomic E-state index is 12.8. The summed E-state index contributed by atoms with van der Waals surface area (Å²) in [6, 6.07) is 0.793. The van der Waals surface area contributed by atoms with E-state index in [1.54, 1.807) is 7.11 Å². The third-order valence-electron chi connectivity index (χ3n) is 5.92. The Morgan fingerprint density at radius 2 is 1.83 bits per heavy atom. The van der Waals surface area contributed by atoms with Gasteiger partial charge in [0.2, 0.25) is 5.91 Å². The van der Waals surface area contributed by atoms with Gasteiger partial charge in [-0.25, -0.2) is 0 Å². The van der Waals surface area contributed by atoms with Gasteiger partial charge in [0.15, 0.2) is 0 Å². The molecule has 132 valence electrons. The average molecular weight is 323 g/mol. The molecule has 0 radical (unpaired) electrons. The highest BCUT2D eigenvalue weighted by Gasteiger charge is 2.32. The zero-order valence-electron chi connectivity index (χ0n) is 14.7. The third kappa shape index (κ3) is 4.46. The van der Waals surface area contributed by atoms with E-state index in [-0.39, 0.29) is 5.92 Å². The molecule has 1 saturated carbocycles. The molecule has 3 fully saturated rings. The fourth-order valence-corrected chi connectivity index (χ4v) is 4.51. The topological polar surface area (TPSA) is 36.0 Å². The van der Waals surface area contributed by atoms with Crippen LogP contribution in [0.2, 0.25) is 0 Å². The minimum atomic E-state index is 0.213. The number of likely N-dealkylation sites (tertiary alicyclic amines) is 1. The number of methoxy groups -OCH3 is 1. The highest BCUT2D eigenvalue weighted by molar-refractivity contribution is 5.79. The molecule has 1 atom stereocenters. The lowest BCUT2D eigenvalue weighted by Crippen LogP contribution is -2.41. The first-order valence-electron chi connectivity index (χ1n) is 9.52. The van der Waals surface area contributed by atoms with Crippen LogP contribution >= 0.6 is 0 Å². The van der Waals surface area contributed by atoms with Crippen molar-refractivity contribution in [2.75, 3.05) is 59.5 Å². The van der Waals surface area contributed by atoms with E-state index in [1.165, 1.54) is 32.2 Å². The first-order valence-corrected chi connectivity index (χ1v) is 9.52. The van der Waals surface area contributed by atoms with Gasteiger partial charge in [0.25, 0.3) is 0 Å². The van der Waals surface area contributed by atoms with Crippen LogP contribution in [-0.4, -0.2) is 86.2 Å². The lowest BCUT2D eigenvalue weighted by atomic mass is 10.1. The van der Waals surface area contributed by atoms with Gasteiger partial charge in [-0.2, -0.15) is 0 Å². The predicted octanol–water partition coefficient (Wildman–Crippen LogP) is 1.43. The molecule has 5 nitrogen and oxygen atoms in total. The molecule has 5 heteroatoms. The molecule has 0 spiro atoms. The second-order valence-electron chi connectivity index (χ2n) is 7.43. The van der Waals surface area contributed by atoms with Crippen LogP contribution < -0.4 is 0 Å². The van der Waals surface area contributed by atoms with Crippen molar-refractivity contribution in [3.63, 3.8) is 0 Å². The fourth-order valence-electron chi connectivity index (χ4n) is 4.51. The van der Waals surface area contributed by atoms with Crippen molar-refractivity contribution in [3.8, 4) is 0 Å². The number of amides is 1. The van der Waals surface area contributed by atoms with Crippen molar-refractivity contribution in [2.24, 2.45) is 5.92 Å². The van der Waals surface area contributed by atoms with Gasteiger partial charge >= 0.3 is 0 Å². The molecule has 0 aromatic heterocycles. The molecule has 0 aromatic rings. The molecule has 2 saturated heterocycles. The molecule has 1 aliphatic carbocycles. The van der Waals surface area contributed by atoms with E-state index in [0.717, 1.165) is 64.8 Å². The number of hydrogen-bond acceptors (Lipinski definition) is 4. The highest BCUT2D eigenvalue weighted by atomic mass is 16.5. The second-order valence-corrected chi connectivity index (χ2v) is 7.43. The predicted molar refractivity (Wildman–Crippen MR) is 91.4 cm³/mol. The van der Waals surface area contributed by atoms with Gasteiger partial charge in [-0.1, -0.05) is 12.8 Å². The third-order valence-corrected chi connectivity index (χ3v) is 5.92. The number of nitrogens with zero attached hydrogens (tertiary/aromatic N) is 3. The summed E-state index contributed by atoms with van der Waals surface area (Å²) in [7, 11) is 1.74. The molecule has 2 aliphatic heterocycles. The van der Waals surface area contributed by atoms with Crippen LogP contribution in [0.1, 0.15) is 38.5 Å². The lowest BCUT2D eigenvalue weighted by molar-refractivity contribution is -0.135. The van der Waals surface area contributed by atoms with E-state index in [2.05, 4.69) is 14.7 Å². The monoisotopic (exact) mass is 323 g/mol. The van der Waals surface area contributed by atoms with E-state index in [1.807, 2.05) is 0 Å². The Morgan fingerprint density at radius 1 is 1.00 bits per heavy atom. The van der Waals surface area contributed by atoms with Crippen molar-refractivity contribution in [1.82, 2.24) is 14.7 Å². The molecule has 2 heterocycles. The summed E-state index contributed by atoms with van der Waals surface area (Å²) in [4.78, 5) is 20.0. The molecule has 3 aliphatic rings. The Bertz CT molecular complexity index is 384. The summed E-state index contributed by atoms with van der Waals surface area (Å²) >= 11 is 0. The first-order chi connectivity index (χ1) is 11.3. The van der Waals surface area contributed by atoms with Gasteiger partial charge in [-0.15, -0.1) is 0 Å². The Morgan fingerprint density at radius 3 is 2.61 bits per heavy atom. The van der Waals surface area contributed by atoms with E-state index < -0.39 is 0 Å². The quantitative estimate of drug-likeness (QED) is 0.767. The van der Waals surface area contributed by atoms with Crippen LogP contribution in [0.4, 0.5) is 0 Å². The zero-order chi connectivity index (χ0) is 16.1. The standard InChI is InChI=1S/C18H33N3O2/c1-23-14-13-19-10-7-16(15-19)18(22)21-9-4-8-20(11-12-21)17-5-2-3-6-17/h16-17H,2-15H2,1H3. The molecule has 1 unspecified atom stereocenters. The maximum Gasteiger partial charge on any atom is 0.227 e. The summed E-state index contributed by atoms with van der Waals surface area (Å²) in [5.74, 6) is 0.614. The maximum absolute atomic E-state index is 12.8. The van der Waals surface area contributed by atoms with Crippen molar-refractivity contribution in [3.05, 3.63) is 0 Å². The number of carbonyl (C=O) groups is 1. The first kappa shape index (κ1) is 17.2. The number of rotatable bonds is 5. The summed E-state index contributed by atoms with van der Waals surface area (Å²) in [5, 5.41) is 0. The Hall–Kier alpha value is -0.650. The minimum absolute atomic E-state index is 0.213. The van der Waals surface area contributed by atoms with Crippen LogP contribution in [-0.2, 0) is 9.53 Å². The van der Waals surface area contributed by atoms with Crippen LogP contribution in [0.3, 0.4) is 0 Å². The van der Waals surface area contributed by atoms with Gasteiger partial charge in [-0.3, -0.25) is 9.69 Å². The van der Waals surface area contributed by atoms with E-state index in [4.69, 9.17) is 4.74 Å². The molecule has 3 rings (SSSR count). The van der Waals surface area contributed by atoms with Crippen molar-refractivity contribution in [1.29, 1.82) is 0 Å². The fraction of sp³-hybridized carbons (Fsp3) is 0.944. The van der Waals surface area contributed by atoms with Gasteiger partial charge < -0.3 is 14.5 Å². The minimum Gasteiger partial charge on any atom is -0.383 e. The van der Waals surface area contributed by atoms with Gasteiger partial charge in [0.1, 0.15) is 0 Å². The van der Waals surface area contributed by atoms with Crippen molar-refractivity contribution >= 4 is 5.91 Å². The number of ether oxygens (including phenoxy) is 1. The molecule has 0 N–H and O–H groups in total. The Balaban J connectivity index is 1.46. The SMILES string of the molecule is COCCN1CCC(C(=O)N2CCCN(C3CCCC3)CC2)C1. The molecule has 0 aromatic carbocycles. The molecule has 0 bridgehead atoms. The van der Waals surface area contributed by atoms with Crippen LogP contribution in [0.5, 0.6) is 0 Å². The van der Waals surface area contributed by atoms with Crippen molar-refractivity contribution in [2.45, 2.75) is 44.6 Å². The Labute approximate surface area is 140 Å². The number of hydrogen-bond donors (Lipinski definition) is 0. The molecular formula is C18H33N3O2. The summed E-state index contributed by atoms with van der Waals surface area (Å²) < 4.78 is 5.15. The molecule has 23 heavy (non-hydrogen) atoms. The van der Waals surface area contributed by atoms with Gasteiger partial charge in [0, 0.05) is 52.4 Å². The summed E-state index contributed by atoms with van der Waals surface area (Å²) in [6.45, 7) is 7.83. The lowest BCUT2D eigenvalue weighted by Gasteiger charge is -2.28. The largest absolute Gasteiger partial charge is 0.383 e. The average Bonchev–Trinajstić information content (AvgIpc) is 3.20. The molecular weight excluding hydrogens is 290 g/mol. The summed E-state index contributed by atoms with van der Waals surface area (Å²) in [6.07, 6.45) is 7.68. The van der Waals surface area contributed by atoms with Gasteiger partial charge in [0.05, 0.1) is 12.5 Å².